The van der Waals surface area contributed by atoms with E-state index < -0.39 is 54.4 Å². The molecule has 13 nitrogen and oxygen atoms in total. The number of aryl methyl sites for hydroxylation is 1. The van der Waals surface area contributed by atoms with Crippen LogP contribution in [0.15, 0.2) is 24.3 Å². The Bertz CT molecular complexity index is 1360. The first-order valence-corrected chi connectivity index (χ1v) is 14.0. The average Bonchev–Trinajstić information content (AvgIpc) is 3.18. The predicted molar refractivity (Wildman–Crippen MR) is 151 cm³/mol. The number of esters is 3. The van der Waals surface area contributed by atoms with Crippen LogP contribution in [0, 0.1) is 17.6 Å². The van der Waals surface area contributed by atoms with Gasteiger partial charge in [0.1, 0.15) is 31.1 Å². The van der Waals surface area contributed by atoms with Gasteiger partial charge in [0, 0.05) is 34.2 Å². The normalized spacial score (nSPS) is 21.9. The van der Waals surface area contributed by atoms with Crippen LogP contribution in [0.1, 0.15) is 59.2 Å². The van der Waals surface area contributed by atoms with Crippen LogP contribution in [-0.2, 0) is 51.3 Å². The summed E-state index contributed by atoms with van der Waals surface area (Å²) in [6, 6.07) is 6.47. The molecule has 2 heterocycles. The van der Waals surface area contributed by atoms with E-state index in [9.17, 15) is 19.2 Å². The minimum atomic E-state index is -1.24. The predicted octanol–water partition coefficient (Wildman–Crippen LogP) is 2.79. The molecule has 0 unspecified atom stereocenters. The number of para-hydroxylation sites is 1. The van der Waals surface area contributed by atoms with E-state index in [0.29, 0.717) is 18.1 Å². The van der Waals surface area contributed by atoms with Crippen molar-refractivity contribution in [2.24, 2.45) is 5.92 Å². The fourth-order valence-corrected chi connectivity index (χ4v) is 4.98. The number of aromatic nitrogens is 3. The number of ether oxygens (including phenoxy) is 5. The summed E-state index contributed by atoms with van der Waals surface area (Å²) in [5, 5.41) is 7.48. The average molecular weight is 607 g/mol. The summed E-state index contributed by atoms with van der Waals surface area (Å²) >= 11 is 5.84. The van der Waals surface area contributed by atoms with Crippen LogP contribution < -0.4 is 10.1 Å². The maximum Gasteiger partial charge on any atom is 0.303 e. The lowest BCUT2D eigenvalue weighted by Crippen LogP contribution is -2.64. The van der Waals surface area contributed by atoms with Gasteiger partial charge in [0.25, 0.3) is 0 Å². The second kappa shape index (κ2) is 14.4. The third-order valence-corrected chi connectivity index (χ3v) is 6.70. The van der Waals surface area contributed by atoms with Gasteiger partial charge in [-0.1, -0.05) is 32.0 Å². The molecule has 2 aromatic rings. The molecule has 230 valence electrons. The minimum Gasteiger partial charge on any atom is -0.485 e. The van der Waals surface area contributed by atoms with Crippen molar-refractivity contribution in [2.45, 2.75) is 92.2 Å². The highest BCUT2D eigenvalue weighted by Crippen LogP contribution is 2.33. The fraction of sp³-hybridized carbons (Fsp3) is 0.571. The van der Waals surface area contributed by atoms with Crippen molar-refractivity contribution in [2.75, 3.05) is 6.61 Å². The first-order chi connectivity index (χ1) is 19.8. The number of nitrogens with one attached hydrogen (secondary N) is 1. The van der Waals surface area contributed by atoms with Crippen molar-refractivity contribution in [3.63, 3.8) is 0 Å². The van der Waals surface area contributed by atoms with Gasteiger partial charge in [-0.2, -0.15) is 5.10 Å². The summed E-state index contributed by atoms with van der Waals surface area (Å²) in [5.74, 6) is -1.10. The quantitative estimate of drug-likeness (QED) is 0.229. The molecule has 1 N–H and O–H groups in total. The molecule has 0 radical (unpaired) electrons. The van der Waals surface area contributed by atoms with Crippen molar-refractivity contribution >= 4 is 36.0 Å². The van der Waals surface area contributed by atoms with Crippen LogP contribution in [0.25, 0.3) is 0 Å². The van der Waals surface area contributed by atoms with Crippen LogP contribution in [0.5, 0.6) is 5.75 Å². The van der Waals surface area contributed by atoms with E-state index in [2.05, 4.69) is 5.32 Å². The largest absolute Gasteiger partial charge is 0.485 e. The molecule has 42 heavy (non-hydrogen) atoms. The van der Waals surface area contributed by atoms with E-state index >= 15 is 0 Å². The molecular weight excluding hydrogens is 568 g/mol. The van der Waals surface area contributed by atoms with E-state index in [4.69, 9.17) is 41.0 Å². The Labute approximate surface area is 249 Å². The van der Waals surface area contributed by atoms with E-state index in [1.807, 2.05) is 49.6 Å². The molecule has 1 aromatic carbocycles. The molecule has 1 fully saturated rings. The third-order valence-electron chi connectivity index (χ3n) is 6.29. The number of hydrogen-bond donors (Lipinski definition) is 1. The van der Waals surface area contributed by atoms with E-state index in [-0.39, 0.29) is 23.9 Å². The number of carbonyl (C=O) groups excluding carboxylic acids is 4. The lowest BCUT2D eigenvalue weighted by molar-refractivity contribution is -0.239. The fourth-order valence-electron chi connectivity index (χ4n) is 4.65. The number of amides is 1. The first kappa shape index (κ1) is 32.7. The zero-order valence-corrected chi connectivity index (χ0v) is 25.6. The zero-order chi connectivity index (χ0) is 31.1. The number of carbonyl (C=O) groups is 4. The van der Waals surface area contributed by atoms with Crippen molar-refractivity contribution in [1.82, 2.24) is 19.7 Å². The highest BCUT2D eigenvalue weighted by molar-refractivity contribution is 7.71. The minimum absolute atomic E-state index is 0.0755. The van der Waals surface area contributed by atoms with Gasteiger partial charge in [0.05, 0.1) is 0 Å². The first-order valence-electron chi connectivity index (χ1n) is 13.6. The molecule has 0 bridgehead atoms. The van der Waals surface area contributed by atoms with Crippen LogP contribution in [0.3, 0.4) is 0 Å². The standard InChI is InChI=1S/C28H38N4O9S/c1-15(2)12-31-23(14-38-21-11-9-8-10-16(21)3)30-32(28(31)42)27-24(29-17(4)33)26(40-20(7)36)25(39-19(6)35)22(41-27)13-37-18(5)34/h8-11,15,22,24-27H,12-14H2,1-7H3,(H,29,33)/t22-,24-,25-,26-,27-/m1/s1. The van der Waals surface area contributed by atoms with Gasteiger partial charge >= 0.3 is 17.9 Å². The van der Waals surface area contributed by atoms with E-state index in [1.54, 1.807) is 0 Å². The van der Waals surface area contributed by atoms with Gasteiger partial charge in [-0.15, -0.1) is 0 Å². The van der Waals surface area contributed by atoms with Crippen molar-refractivity contribution in [3.8, 4) is 5.75 Å². The zero-order valence-electron chi connectivity index (χ0n) is 24.8. The smallest absolute Gasteiger partial charge is 0.303 e. The molecule has 0 aliphatic carbocycles. The molecule has 1 saturated heterocycles. The van der Waals surface area contributed by atoms with E-state index in [0.717, 1.165) is 5.56 Å². The van der Waals surface area contributed by atoms with Gasteiger partial charge in [-0.25, -0.2) is 4.68 Å². The number of benzene rings is 1. The Hall–Kier alpha value is -3.78. The Morgan fingerprint density at radius 1 is 1.02 bits per heavy atom. The second-order valence-electron chi connectivity index (χ2n) is 10.4. The third kappa shape index (κ3) is 8.38. The van der Waals surface area contributed by atoms with Crippen molar-refractivity contribution in [3.05, 3.63) is 40.4 Å². The van der Waals surface area contributed by atoms with Gasteiger partial charge < -0.3 is 33.6 Å². The molecule has 1 aromatic heterocycles. The molecule has 1 aliphatic rings. The summed E-state index contributed by atoms with van der Waals surface area (Å²) in [6.45, 7) is 11.1. The monoisotopic (exact) mass is 606 g/mol. The summed E-state index contributed by atoms with van der Waals surface area (Å²) in [5.41, 5.74) is 0.946. The van der Waals surface area contributed by atoms with Crippen LogP contribution in [0.2, 0.25) is 0 Å². The number of hydrogen-bond acceptors (Lipinski definition) is 11. The number of rotatable bonds is 11. The molecular formula is C28H38N4O9S. The SMILES string of the molecule is CC(=O)N[C@@H]1[C@@H](OC(C)=O)[C@H](OC(C)=O)[C@@H](COC(C)=O)O[C@H]1n1nc(COc2ccccc2C)n(CC(C)C)c1=S. The van der Waals surface area contributed by atoms with Gasteiger partial charge in [-0.3, -0.25) is 19.2 Å². The second-order valence-corrected chi connectivity index (χ2v) is 10.8. The summed E-state index contributed by atoms with van der Waals surface area (Å²) < 4.78 is 32.2. The Morgan fingerprint density at radius 3 is 2.24 bits per heavy atom. The summed E-state index contributed by atoms with van der Waals surface area (Å²) in [6.07, 6.45) is -4.71. The molecule has 3 rings (SSSR count). The molecule has 0 spiro atoms. The summed E-state index contributed by atoms with van der Waals surface area (Å²) in [4.78, 5) is 48.3. The van der Waals surface area contributed by atoms with Crippen LogP contribution in [-0.4, -0.2) is 69.1 Å². The van der Waals surface area contributed by atoms with Crippen molar-refractivity contribution in [1.29, 1.82) is 0 Å². The summed E-state index contributed by atoms with van der Waals surface area (Å²) in [7, 11) is 0. The highest BCUT2D eigenvalue weighted by atomic mass is 32.1. The lowest BCUT2D eigenvalue weighted by Gasteiger charge is -2.45. The maximum absolute atomic E-state index is 12.4. The Kier molecular flexibility index (Phi) is 11.2. The molecule has 14 heteroatoms. The molecule has 0 saturated carbocycles. The lowest BCUT2D eigenvalue weighted by atomic mass is 9.95. The van der Waals surface area contributed by atoms with Crippen LogP contribution >= 0.6 is 12.2 Å². The van der Waals surface area contributed by atoms with Gasteiger partial charge in [-0.05, 0) is 36.7 Å². The Balaban J connectivity index is 2.13. The highest BCUT2D eigenvalue weighted by Gasteiger charge is 2.52. The molecule has 1 amide bonds. The molecule has 5 atom stereocenters. The van der Waals surface area contributed by atoms with Crippen molar-refractivity contribution < 1.29 is 42.9 Å². The van der Waals surface area contributed by atoms with Gasteiger partial charge in [0.15, 0.2) is 29.0 Å². The number of nitrogens with zero attached hydrogens (tertiary/aromatic N) is 3. The molecule has 1 aliphatic heterocycles. The van der Waals surface area contributed by atoms with Crippen LogP contribution in [0.4, 0.5) is 0 Å². The maximum atomic E-state index is 12.4. The van der Waals surface area contributed by atoms with Gasteiger partial charge in [0.2, 0.25) is 5.91 Å². The van der Waals surface area contributed by atoms with E-state index in [1.165, 1.54) is 32.4 Å². The Morgan fingerprint density at radius 2 is 1.67 bits per heavy atom. The topological polar surface area (TPSA) is 149 Å².